The van der Waals surface area contributed by atoms with E-state index in [-0.39, 0.29) is 10.8 Å². The third-order valence-electron chi connectivity index (χ3n) is 3.62. The predicted molar refractivity (Wildman–Crippen MR) is 72.1 cm³/mol. The fraction of sp³-hybridized carbons (Fsp3) is 0.357. The minimum absolute atomic E-state index is 0.112. The molecule has 0 bridgehead atoms. The number of ether oxygens (including phenoxy) is 1. The van der Waals surface area contributed by atoms with Crippen molar-refractivity contribution in [2.24, 2.45) is 5.92 Å². The summed E-state index contributed by atoms with van der Waals surface area (Å²) in [4.78, 5) is 12.0. The lowest BCUT2D eigenvalue weighted by molar-refractivity contribution is -0.122. The van der Waals surface area contributed by atoms with Crippen LogP contribution in [0.2, 0.25) is 0 Å². The first-order valence-electron chi connectivity index (χ1n) is 6.47. The van der Waals surface area contributed by atoms with Gasteiger partial charge in [0.2, 0.25) is 5.91 Å². The van der Waals surface area contributed by atoms with Crippen molar-refractivity contribution in [2.45, 2.75) is 31.0 Å². The van der Waals surface area contributed by atoms with Gasteiger partial charge < -0.3 is 4.74 Å². The summed E-state index contributed by atoms with van der Waals surface area (Å²) in [6.45, 7) is 0.926. The first-order valence-corrected chi connectivity index (χ1v) is 7.96. The first kappa shape index (κ1) is 13.3. The van der Waals surface area contributed by atoms with Crippen LogP contribution >= 0.6 is 0 Å². The Morgan fingerprint density at radius 1 is 1.15 bits per heavy atom. The summed E-state index contributed by atoms with van der Waals surface area (Å²) in [5, 5.41) is 0. The number of hydrogen-bond donors (Lipinski definition) is 1. The second-order valence-corrected chi connectivity index (χ2v) is 6.72. The lowest BCUT2D eigenvalue weighted by Crippen LogP contribution is -2.34. The van der Waals surface area contributed by atoms with E-state index in [4.69, 9.17) is 4.74 Å². The van der Waals surface area contributed by atoms with E-state index in [0.717, 1.165) is 11.1 Å². The van der Waals surface area contributed by atoms with E-state index in [9.17, 15) is 13.2 Å². The highest BCUT2D eigenvalue weighted by atomic mass is 32.2. The number of nitrogens with one attached hydrogen (secondary N) is 1. The molecule has 0 fully saturated rings. The molecule has 0 atom stereocenters. The van der Waals surface area contributed by atoms with Crippen LogP contribution in [0.4, 0.5) is 0 Å². The summed E-state index contributed by atoms with van der Waals surface area (Å²) in [6.07, 6.45) is 4.98. The van der Waals surface area contributed by atoms with E-state index >= 15 is 0 Å². The molecule has 5 nitrogen and oxygen atoms in total. The quantitative estimate of drug-likeness (QED) is 0.857. The predicted octanol–water partition coefficient (Wildman–Crippen LogP) is 1.49. The van der Waals surface area contributed by atoms with E-state index in [1.807, 2.05) is 12.2 Å². The molecule has 1 aromatic carbocycles. The fourth-order valence-corrected chi connectivity index (χ4v) is 3.52. The van der Waals surface area contributed by atoms with Gasteiger partial charge in [-0.15, -0.1) is 0 Å². The summed E-state index contributed by atoms with van der Waals surface area (Å²) >= 11 is 0. The van der Waals surface area contributed by atoms with Crippen molar-refractivity contribution in [3.63, 3.8) is 0 Å². The molecule has 1 heterocycles. The van der Waals surface area contributed by atoms with Gasteiger partial charge in [-0.05, 0) is 36.1 Å². The lowest BCUT2D eigenvalue weighted by Gasteiger charge is -2.11. The van der Waals surface area contributed by atoms with E-state index in [1.54, 1.807) is 12.1 Å². The number of allylic oxidation sites excluding steroid dienone is 2. The van der Waals surface area contributed by atoms with Crippen molar-refractivity contribution in [1.29, 1.82) is 0 Å². The highest BCUT2D eigenvalue weighted by Crippen LogP contribution is 2.24. The molecule has 0 spiro atoms. The highest BCUT2D eigenvalue weighted by Gasteiger charge is 2.26. The Kier molecular flexibility index (Phi) is 3.35. The van der Waals surface area contributed by atoms with E-state index < -0.39 is 15.9 Å². The van der Waals surface area contributed by atoms with Crippen LogP contribution in [0.15, 0.2) is 35.2 Å². The minimum Gasteiger partial charge on any atom is -0.372 e. The van der Waals surface area contributed by atoms with Crippen molar-refractivity contribution in [3.8, 4) is 0 Å². The molecule has 0 unspecified atom stereocenters. The summed E-state index contributed by atoms with van der Waals surface area (Å²) in [5.74, 6) is -0.714. The number of rotatable bonds is 3. The maximum absolute atomic E-state index is 12.2. The van der Waals surface area contributed by atoms with Gasteiger partial charge in [0.1, 0.15) is 0 Å². The Morgan fingerprint density at radius 2 is 1.85 bits per heavy atom. The molecule has 2 aliphatic rings. The molecule has 0 radical (unpaired) electrons. The number of hydrogen-bond acceptors (Lipinski definition) is 4. The van der Waals surface area contributed by atoms with Gasteiger partial charge in [0.05, 0.1) is 18.1 Å². The maximum Gasteiger partial charge on any atom is 0.264 e. The van der Waals surface area contributed by atoms with Crippen molar-refractivity contribution >= 4 is 15.9 Å². The zero-order valence-corrected chi connectivity index (χ0v) is 11.7. The molecular weight excluding hydrogens is 278 g/mol. The molecular formula is C14H15NO4S. The number of amides is 1. The van der Waals surface area contributed by atoms with Crippen molar-refractivity contribution < 1.29 is 17.9 Å². The van der Waals surface area contributed by atoms with Crippen LogP contribution in [0.1, 0.15) is 24.0 Å². The van der Waals surface area contributed by atoms with Gasteiger partial charge in [-0.2, -0.15) is 0 Å². The average molecular weight is 293 g/mol. The van der Waals surface area contributed by atoms with Crippen LogP contribution in [0.5, 0.6) is 0 Å². The summed E-state index contributed by atoms with van der Waals surface area (Å²) in [7, 11) is -3.80. The number of fused-ring (bicyclic) bond motifs is 1. The van der Waals surface area contributed by atoms with E-state index in [2.05, 4.69) is 4.72 Å². The second-order valence-electron chi connectivity index (χ2n) is 5.03. The van der Waals surface area contributed by atoms with Crippen LogP contribution < -0.4 is 4.72 Å². The molecule has 106 valence electrons. The molecule has 3 rings (SSSR count). The van der Waals surface area contributed by atoms with E-state index in [0.29, 0.717) is 26.1 Å². The van der Waals surface area contributed by atoms with Crippen LogP contribution in [0.3, 0.4) is 0 Å². The summed E-state index contributed by atoms with van der Waals surface area (Å²) in [6, 6.07) is 4.82. The molecule has 1 aliphatic heterocycles. The van der Waals surface area contributed by atoms with Gasteiger partial charge in [0.25, 0.3) is 10.0 Å². The number of sulfonamides is 1. The third-order valence-corrected chi connectivity index (χ3v) is 4.96. The molecule has 1 N–H and O–H groups in total. The molecule has 6 heteroatoms. The Balaban J connectivity index is 1.79. The first-order chi connectivity index (χ1) is 9.56. The topological polar surface area (TPSA) is 72.5 Å². The Labute approximate surface area is 117 Å². The van der Waals surface area contributed by atoms with Crippen molar-refractivity contribution in [1.82, 2.24) is 4.72 Å². The summed E-state index contributed by atoms with van der Waals surface area (Å²) < 4.78 is 31.8. The molecule has 0 aromatic heterocycles. The molecule has 20 heavy (non-hydrogen) atoms. The molecule has 0 saturated heterocycles. The number of carbonyl (C=O) groups is 1. The maximum atomic E-state index is 12.2. The number of benzene rings is 1. The van der Waals surface area contributed by atoms with Gasteiger partial charge in [0.15, 0.2) is 0 Å². The lowest BCUT2D eigenvalue weighted by atomic mass is 10.1. The normalized spacial score (nSPS) is 18.2. The Morgan fingerprint density at radius 3 is 2.60 bits per heavy atom. The van der Waals surface area contributed by atoms with Gasteiger partial charge in [-0.1, -0.05) is 18.2 Å². The van der Waals surface area contributed by atoms with Crippen molar-refractivity contribution in [3.05, 3.63) is 41.5 Å². The van der Waals surface area contributed by atoms with Crippen LogP contribution in [-0.2, 0) is 32.8 Å². The standard InChI is InChI=1S/C14H15NO4S/c16-14(10-3-1-2-4-10)15-20(17,18)13-6-5-11-8-19-9-12(11)7-13/h1-2,5-7,10H,3-4,8-9H2,(H,15,16). The van der Waals surface area contributed by atoms with Gasteiger partial charge in [-0.25, -0.2) is 13.1 Å². The zero-order chi connectivity index (χ0) is 14.2. The molecule has 0 saturated carbocycles. The van der Waals surface area contributed by atoms with Crippen molar-refractivity contribution in [2.75, 3.05) is 0 Å². The third kappa shape index (κ3) is 2.48. The van der Waals surface area contributed by atoms with Gasteiger partial charge in [-0.3, -0.25) is 4.79 Å². The Hall–Kier alpha value is -1.66. The summed E-state index contributed by atoms with van der Waals surface area (Å²) in [5.41, 5.74) is 1.86. The van der Waals surface area contributed by atoms with Gasteiger partial charge in [0, 0.05) is 5.92 Å². The van der Waals surface area contributed by atoms with Crippen LogP contribution in [-0.4, -0.2) is 14.3 Å². The molecule has 1 aliphatic carbocycles. The van der Waals surface area contributed by atoms with Crippen LogP contribution in [0, 0.1) is 5.92 Å². The average Bonchev–Trinajstić information content (AvgIpc) is 3.08. The smallest absolute Gasteiger partial charge is 0.264 e. The highest BCUT2D eigenvalue weighted by molar-refractivity contribution is 7.90. The fourth-order valence-electron chi connectivity index (χ4n) is 2.42. The van der Waals surface area contributed by atoms with E-state index in [1.165, 1.54) is 6.07 Å². The van der Waals surface area contributed by atoms with Crippen LogP contribution in [0.25, 0.3) is 0 Å². The number of carbonyl (C=O) groups excluding carboxylic acids is 1. The molecule has 1 aromatic rings. The SMILES string of the molecule is O=C(NS(=O)(=O)c1ccc2c(c1)COC2)C1CC=CC1. The monoisotopic (exact) mass is 293 g/mol. The largest absolute Gasteiger partial charge is 0.372 e. The van der Waals surface area contributed by atoms with Gasteiger partial charge >= 0.3 is 0 Å². The minimum atomic E-state index is -3.80. The molecule has 1 amide bonds. The zero-order valence-electron chi connectivity index (χ0n) is 10.8. The second kappa shape index (κ2) is 5.03. The Bertz CT molecular complexity index is 670.